The Morgan fingerprint density at radius 3 is 2.76 bits per heavy atom. The number of hydrogen-bond donors (Lipinski definition) is 1. The predicted molar refractivity (Wildman–Crippen MR) is 93.0 cm³/mol. The molecule has 4 rings (SSSR count). The van der Waals surface area contributed by atoms with Crippen molar-refractivity contribution in [3.63, 3.8) is 0 Å². The summed E-state index contributed by atoms with van der Waals surface area (Å²) < 4.78 is 16.1. The number of ether oxygens (including phenoxy) is 3. The molecule has 1 aliphatic carbocycles. The van der Waals surface area contributed by atoms with Gasteiger partial charge in [0.2, 0.25) is 6.79 Å². The lowest BCUT2D eigenvalue weighted by Crippen LogP contribution is -2.41. The van der Waals surface area contributed by atoms with Crippen molar-refractivity contribution in [3.05, 3.63) is 18.2 Å². The molecule has 6 heteroatoms. The number of carbonyl (C=O) groups excluding carboxylic acids is 1. The molecule has 0 spiro atoms. The van der Waals surface area contributed by atoms with Crippen LogP contribution in [0.25, 0.3) is 0 Å². The van der Waals surface area contributed by atoms with Gasteiger partial charge >= 0.3 is 0 Å². The van der Waals surface area contributed by atoms with Crippen molar-refractivity contribution < 1.29 is 19.0 Å². The summed E-state index contributed by atoms with van der Waals surface area (Å²) in [6.07, 6.45) is 6.41. The molecule has 1 aromatic carbocycles. The topological polar surface area (TPSA) is 60.0 Å². The number of benzene rings is 1. The molecular weight excluding hydrogens is 320 g/mol. The Labute approximate surface area is 148 Å². The maximum atomic E-state index is 12.1. The minimum atomic E-state index is -0.0671. The number of rotatable bonds is 7. The second-order valence-electron chi connectivity index (χ2n) is 7.42. The van der Waals surface area contributed by atoms with Gasteiger partial charge in [0.15, 0.2) is 18.1 Å². The van der Waals surface area contributed by atoms with E-state index in [0.717, 1.165) is 13.1 Å². The van der Waals surface area contributed by atoms with E-state index in [1.165, 1.54) is 45.2 Å². The first kappa shape index (κ1) is 16.5. The molecule has 2 fully saturated rings. The van der Waals surface area contributed by atoms with Crippen molar-refractivity contribution in [1.82, 2.24) is 10.2 Å². The lowest BCUT2D eigenvalue weighted by atomic mass is 10.0. The zero-order valence-corrected chi connectivity index (χ0v) is 14.6. The maximum absolute atomic E-state index is 12.1. The van der Waals surface area contributed by atoms with Crippen LogP contribution in [0.5, 0.6) is 17.2 Å². The molecule has 3 aliphatic rings. The van der Waals surface area contributed by atoms with Gasteiger partial charge in [-0.2, -0.15) is 0 Å². The summed E-state index contributed by atoms with van der Waals surface area (Å²) in [5.74, 6) is 1.93. The molecule has 1 saturated carbocycles. The van der Waals surface area contributed by atoms with E-state index in [4.69, 9.17) is 14.2 Å². The van der Waals surface area contributed by atoms with Crippen LogP contribution < -0.4 is 19.5 Å². The van der Waals surface area contributed by atoms with Crippen LogP contribution >= 0.6 is 0 Å². The Bertz CT molecular complexity index is 624. The molecule has 0 unspecified atom stereocenters. The summed E-state index contributed by atoms with van der Waals surface area (Å²) >= 11 is 0. The summed E-state index contributed by atoms with van der Waals surface area (Å²) in [5, 5.41) is 3.05. The first-order valence-corrected chi connectivity index (χ1v) is 9.24. The van der Waals surface area contributed by atoms with Crippen LogP contribution in [0, 0.1) is 5.41 Å². The Morgan fingerprint density at radius 2 is 1.96 bits per heavy atom. The smallest absolute Gasteiger partial charge is 0.257 e. The molecule has 1 N–H and O–H groups in total. The summed E-state index contributed by atoms with van der Waals surface area (Å²) in [6.45, 7) is 4.56. The number of nitrogens with zero attached hydrogens (tertiary/aromatic N) is 1. The quantitative estimate of drug-likeness (QED) is 0.820. The second-order valence-corrected chi connectivity index (χ2v) is 7.42. The van der Waals surface area contributed by atoms with Gasteiger partial charge in [-0.1, -0.05) is 6.42 Å². The van der Waals surface area contributed by atoms with Gasteiger partial charge < -0.3 is 24.4 Å². The molecule has 2 aliphatic heterocycles. The highest BCUT2D eigenvalue weighted by molar-refractivity contribution is 5.77. The number of fused-ring (bicyclic) bond motifs is 1. The van der Waals surface area contributed by atoms with E-state index < -0.39 is 0 Å². The zero-order valence-electron chi connectivity index (χ0n) is 14.6. The Hall–Kier alpha value is -1.95. The van der Waals surface area contributed by atoms with Crippen LogP contribution in [0.1, 0.15) is 32.1 Å². The Balaban J connectivity index is 1.20. The molecule has 136 valence electrons. The average Bonchev–Trinajstić information content (AvgIpc) is 3.24. The van der Waals surface area contributed by atoms with Crippen LogP contribution in [-0.2, 0) is 4.79 Å². The number of piperidine rings is 1. The van der Waals surface area contributed by atoms with E-state index in [1.54, 1.807) is 18.2 Å². The van der Waals surface area contributed by atoms with Crippen molar-refractivity contribution in [2.75, 3.05) is 39.6 Å². The normalized spacial score (nSPS) is 21.0. The van der Waals surface area contributed by atoms with Crippen molar-refractivity contribution >= 4 is 5.91 Å². The molecule has 1 amide bonds. The van der Waals surface area contributed by atoms with E-state index in [0.29, 0.717) is 22.7 Å². The highest BCUT2D eigenvalue weighted by Crippen LogP contribution is 2.46. The Morgan fingerprint density at radius 1 is 1.16 bits per heavy atom. The molecule has 1 saturated heterocycles. The first-order valence-electron chi connectivity index (χ1n) is 9.24. The SMILES string of the molecule is O=C(COc1ccc2c(c1)OCO2)NCC1(CN2CCCCC2)CC1. The number of likely N-dealkylation sites (tertiary alicyclic amines) is 1. The van der Waals surface area contributed by atoms with Crippen molar-refractivity contribution in [3.8, 4) is 17.2 Å². The summed E-state index contributed by atoms with van der Waals surface area (Å²) in [5.41, 5.74) is 0.297. The highest BCUT2D eigenvalue weighted by Gasteiger charge is 2.44. The minimum Gasteiger partial charge on any atom is -0.484 e. The lowest BCUT2D eigenvalue weighted by molar-refractivity contribution is -0.123. The predicted octanol–water partition coefficient (Wildman–Crippen LogP) is 2.18. The summed E-state index contributed by atoms with van der Waals surface area (Å²) in [4.78, 5) is 14.7. The van der Waals surface area contributed by atoms with Gasteiger partial charge in [-0.3, -0.25) is 4.79 Å². The van der Waals surface area contributed by atoms with Crippen molar-refractivity contribution in [1.29, 1.82) is 0 Å². The fraction of sp³-hybridized carbons (Fsp3) is 0.632. The lowest BCUT2D eigenvalue weighted by Gasteiger charge is -2.30. The minimum absolute atomic E-state index is 0.0272. The molecule has 1 aromatic rings. The summed E-state index contributed by atoms with van der Waals surface area (Å²) in [6, 6.07) is 5.35. The van der Waals surface area contributed by atoms with Gasteiger partial charge in [0, 0.05) is 24.6 Å². The van der Waals surface area contributed by atoms with Crippen molar-refractivity contribution in [2.24, 2.45) is 5.41 Å². The van der Waals surface area contributed by atoms with Gasteiger partial charge in [0.25, 0.3) is 5.91 Å². The number of nitrogens with one attached hydrogen (secondary N) is 1. The third kappa shape index (κ3) is 4.18. The van der Waals surface area contributed by atoms with E-state index in [-0.39, 0.29) is 19.3 Å². The van der Waals surface area contributed by atoms with Crippen LogP contribution in [0.2, 0.25) is 0 Å². The molecule has 25 heavy (non-hydrogen) atoms. The molecular formula is C19H26N2O4. The van der Waals surface area contributed by atoms with Gasteiger partial charge in [-0.15, -0.1) is 0 Å². The maximum Gasteiger partial charge on any atom is 0.257 e. The van der Waals surface area contributed by atoms with E-state index in [9.17, 15) is 4.79 Å². The second kappa shape index (κ2) is 7.12. The van der Waals surface area contributed by atoms with E-state index in [2.05, 4.69) is 10.2 Å². The number of hydrogen-bond acceptors (Lipinski definition) is 5. The monoisotopic (exact) mass is 346 g/mol. The largest absolute Gasteiger partial charge is 0.484 e. The molecule has 6 nitrogen and oxygen atoms in total. The van der Waals surface area contributed by atoms with E-state index >= 15 is 0 Å². The summed E-state index contributed by atoms with van der Waals surface area (Å²) in [7, 11) is 0. The van der Waals surface area contributed by atoms with Crippen LogP contribution in [-0.4, -0.2) is 50.4 Å². The van der Waals surface area contributed by atoms with Crippen molar-refractivity contribution in [2.45, 2.75) is 32.1 Å². The molecule has 0 radical (unpaired) electrons. The number of amides is 1. The van der Waals surface area contributed by atoms with Crippen LogP contribution in [0.4, 0.5) is 0 Å². The fourth-order valence-corrected chi connectivity index (χ4v) is 3.61. The van der Waals surface area contributed by atoms with Gasteiger partial charge in [0.05, 0.1) is 0 Å². The highest BCUT2D eigenvalue weighted by atomic mass is 16.7. The molecule has 0 atom stereocenters. The number of carbonyl (C=O) groups is 1. The third-order valence-corrected chi connectivity index (χ3v) is 5.34. The van der Waals surface area contributed by atoms with Crippen LogP contribution in [0.3, 0.4) is 0 Å². The first-order chi connectivity index (χ1) is 12.2. The zero-order chi connectivity index (χ0) is 17.1. The van der Waals surface area contributed by atoms with E-state index in [1.807, 2.05) is 0 Å². The third-order valence-electron chi connectivity index (χ3n) is 5.34. The molecule has 0 aromatic heterocycles. The molecule has 0 bridgehead atoms. The Kier molecular flexibility index (Phi) is 4.70. The van der Waals surface area contributed by atoms with Gasteiger partial charge in [-0.25, -0.2) is 0 Å². The van der Waals surface area contributed by atoms with Gasteiger partial charge in [-0.05, 0) is 50.9 Å². The standard InChI is InChI=1S/C19H26N2O4/c22-18(11-23-15-4-5-16-17(10-15)25-14-24-16)20-12-19(6-7-19)13-21-8-2-1-3-9-21/h4-5,10H,1-3,6-9,11-14H2,(H,20,22). The van der Waals surface area contributed by atoms with Gasteiger partial charge in [0.1, 0.15) is 5.75 Å². The fourth-order valence-electron chi connectivity index (χ4n) is 3.61. The van der Waals surface area contributed by atoms with Crippen LogP contribution in [0.15, 0.2) is 18.2 Å². The molecule has 2 heterocycles. The average molecular weight is 346 g/mol.